The number of nitrogens with zero attached hydrogens (tertiary/aromatic N) is 1. The summed E-state index contributed by atoms with van der Waals surface area (Å²) in [7, 11) is 0. The Kier molecular flexibility index (Phi) is 6.06. The summed E-state index contributed by atoms with van der Waals surface area (Å²) in [4.78, 5) is 13.8. The van der Waals surface area contributed by atoms with Crippen LogP contribution in [0.25, 0.3) is 0 Å². The van der Waals surface area contributed by atoms with Gasteiger partial charge in [0, 0.05) is 18.7 Å². The summed E-state index contributed by atoms with van der Waals surface area (Å²) in [5.74, 6) is 2.02. The van der Waals surface area contributed by atoms with Gasteiger partial charge in [-0.15, -0.1) is 11.8 Å². The second-order valence-electron chi connectivity index (χ2n) is 5.48. The van der Waals surface area contributed by atoms with Crippen molar-refractivity contribution in [1.82, 2.24) is 4.90 Å². The second-order valence-corrected chi connectivity index (χ2v) is 6.20. The molecule has 0 aromatic carbocycles. The van der Waals surface area contributed by atoms with Gasteiger partial charge >= 0.3 is 5.97 Å². The minimum Gasteiger partial charge on any atom is -0.460 e. The van der Waals surface area contributed by atoms with Gasteiger partial charge in [0.25, 0.3) is 0 Å². The highest BCUT2D eigenvalue weighted by Crippen LogP contribution is 2.30. The zero-order chi connectivity index (χ0) is 13.6. The Hall–Kier alpha value is -0.640. The number of esters is 1. The Morgan fingerprint density at radius 1 is 1.44 bits per heavy atom. The van der Waals surface area contributed by atoms with E-state index in [1.54, 1.807) is 11.8 Å². The van der Waals surface area contributed by atoms with E-state index in [0.717, 1.165) is 25.8 Å². The molecule has 0 aromatic rings. The summed E-state index contributed by atoms with van der Waals surface area (Å²) in [5.41, 5.74) is 0.992. The van der Waals surface area contributed by atoms with Crippen LogP contribution in [0, 0.1) is 5.88 Å². The molecule has 0 spiro atoms. The highest BCUT2D eigenvalue weighted by Gasteiger charge is 2.18. The van der Waals surface area contributed by atoms with Crippen LogP contribution in [0.4, 0.5) is 0 Å². The van der Waals surface area contributed by atoms with E-state index in [1.807, 2.05) is 20.8 Å². The van der Waals surface area contributed by atoms with Crippen molar-refractivity contribution in [2.24, 2.45) is 0 Å². The standard InChI is InChI=1S/C14H24NO2S/c1-5-7-12-10-18-11-15(12)9-6-8-13(16)17-14(2,3)4/h10-11H,5-9H2,1-4H3. The van der Waals surface area contributed by atoms with Gasteiger partial charge in [-0.05, 0) is 39.0 Å². The number of thioether (sulfide) groups is 1. The van der Waals surface area contributed by atoms with Crippen LogP contribution in [0.5, 0.6) is 0 Å². The molecule has 18 heavy (non-hydrogen) atoms. The average molecular weight is 270 g/mol. The lowest BCUT2D eigenvalue weighted by Gasteiger charge is -2.22. The molecule has 0 aromatic heterocycles. The van der Waals surface area contributed by atoms with Gasteiger partial charge in [-0.1, -0.05) is 13.3 Å². The van der Waals surface area contributed by atoms with Crippen LogP contribution in [0.2, 0.25) is 0 Å². The summed E-state index contributed by atoms with van der Waals surface area (Å²) in [5, 5.41) is 2.19. The minimum atomic E-state index is -0.375. The van der Waals surface area contributed by atoms with E-state index in [0.29, 0.717) is 6.42 Å². The van der Waals surface area contributed by atoms with Crippen LogP contribution in [0.1, 0.15) is 53.4 Å². The number of ether oxygens (including phenoxy) is 1. The van der Waals surface area contributed by atoms with Gasteiger partial charge in [0.2, 0.25) is 0 Å². The van der Waals surface area contributed by atoms with E-state index in [4.69, 9.17) is 4.74 Å². The fourth-order valence-electron chi connectivity index (χ4n) is 1.76. The van der Waals surface area contributed by atoms with Gasteiger partial charge in [-0.2, -0.15) is 0 Å². The zero-order valence-electron chi connectivity index (χ0n) is 11.9. The first-order valence-corrected chi connectivity index (χ1v) is 7.53. The first-order chi connectivity index (χ1) is 8.42. The molecule has 0 atom stereocenters. The molecule has 0 unspecified atom stereocenters. The smallest absolute Gasteiger partial charge is 0.306 e. The lowest BCUT2D eigenvalue weighted by atomic mass is 10.2. The van der Waals surface area contributed by atoms with Gasteiger partial charge in [0.05, 0.1) is 0 Å². The molecule has 1 radical (unpaired) electrons. The Morgan fingerprint density at radius 3 is 2.78 bits per heavy atom. The van der Waals surface area contributed by atoms with Crippen molar-refractivity contribution >= 4 is 17.7 Å². The normalized spacial score (nSPS) is 15.8. The van der Waals surface area contributed by atoms with Crippen LogP contribution in [-0.2, 0) is 9.53 Å². The SMILES string of the molecule is CCCC1=CS[CH]N1CCCC(=O)OC(C)(C)C. The molecule has 0 saturated carbocycles. The molecule has 1 heterocycles. The molecular formula is C14H24NO2S. The molecule has 4 heteroatoms. The molecule has 0 fully saturated rings. The monoisotopic (exact) mass is 270 g/mol. The third-order valence-corrected chi connectivity index (χ3v) is 3.25. The third-order valence-electron chi connectivity index (χ3n) is 2.47. The maximum Gasteiger partial charge on any atom is 0.306 e. The van der Waals surface area contributed by atoms with Crippen molar-refractivity contribution in [3.8, 4) is 0 Å². The van der Waals surface area contributed by atoms with E-state index in [1.165, 1.54) is 5.70 Å². The van der Waals surface area contributed by atoms with Gasteiger partial charge in [0.15, 0.2) is 0 Å². The number of carbonyl (C=O) groups excluding carboxylic acids is 1. The lowest BCUT2D eigenvalue weighted by Crippen LogP contribution is -2.24. The molecular weight excluding hydrogens is 246 g/mol. The number of allylic oxidation sites excluding steroid dienone is 1. The van der Waals surface area contributed by atoms with Crippen LogP contribution in [0.3, 0.4) is 0 Å². The summed E-state index contributed by atoms with van der Waals surface area (Å²) in [6.07, 6.45) is 3.59. The molecule has 0 bridgehead atoms. The summed E-state index contributed by atoms with van der Waals surface area (Å²) >= 11 is 1.72. The predicted molar refractivity (Wildman–Crippen MR) is 76.7 cm³/mol. The van der Waals surface area contributed by atoms with Crippen LogP contribution in [-0.4, -0.2) is 23.0 Å². The summed E-state index contributed by atoms with van der Waals surface area (Å²) in [6.45, 7) is 8.79. The molecule has 1 aliphatic heterocycles. The zero-order valence-corrected chi connectivity index (χ0v) is 12.7. The average Bonchev–Trinajstić information content (AvgIpc) is 2.64. The Balaban J connectivity index is 2.22. The minimum absolute atomic E-state index is 0.102. The number of hydrogen-bond acceptors (Lipinski definition) is 4. The van der Waals surface area contributed by atoms with Gasteiger partial charge in [0.1, 0.15) is 11.5 Å². The third kappa shape index (κ3) is 5.80. The molecule has 103 valence electrons. The quantitative estimate of drug-likeness (QED) is 0.684. The predicted octanol–water partition coefficient (Wildman–Crippen LogP) is 3.92. The van der Waals surface area contributed by atoms with Crippen molar-refractivity contribution in [1.29, 1.82) is 0 Å². The fraction of sp³-hybridized carbons (Fsp3) is 0.714. The highest BCUT2D eigenvalue weighted by molar-refractivity contribution is 8.04. The molecule has 0 aliphatic carbocycles. The topological polar surface area (TPSA) is 29.5 Å². The Morgan fingerprint density at radius 2 is 2.17 bits per heavy atom. The number of hydrogen-bond donors (Lipinski definition) is 0. The van der Waals surface area contributed by atoms with Crippen molar-refractivity contribution in [2.75, 3.05) is 6.54 Å². The van der Waals surface area contributed by atoms with E-state index < -0.39 is 0 Å². The number of rotatable bonds is 6. The lowest BCUT2D eigenvalue weighted by molar-refractivity contribution is -0.154. The van der Waals surface area contributed by atoms with Crippen molar-refractivity contribution in [3.63, 3.8) is 0 Å². The Labute approximate surface area is 115 Å². The maximum absolute atomic E-state index is 11.6. The molecule has 0 amide bonds. The van der Waals surface area contributed by atoms with Crippen molar-refractivity contribution in [3.05, 3.63) is 17.0 Å². The fourth-order valence-corrected chi connectivity index (χ4v) is 2.62. The summed E-state index contributed by atoms with van der Waals surface area (Å²) in [6, 6.07) is 0. The van der Waals surface area contributed by atoms with Crippen LogP contribution < -0.4 is 0 Å². The number of carbonyl (C=O) groups is 1. The van der Waals surface area contributed by atoms with Gasteiger partial charge in [-0.25, -0.2) is 0 Å². The van der Waals surface area contributed by atoms with Crippen LogP contribution in [0.15, 0.2) is 11.1 Å². The first-order valence-electron chi connectivity index (χ1n) is 6.58. The van der Waals surface area contributed by atoms with Crippen molar-refractivity contribution in [2.45, 2.75) is 59.0 Å². The van der Waals surface area contributed by atoms with Gasteiger partial charge < -0.3 is 9.64 Å². The largest absolute Gasteiger partial charge is 0.460 e. The molecule has 0 N–H and O–H groups in total. The van der Waals surface area contributed by atoms with E-state index >= 15 is 0 Å². The second kappa shape index (κ2) is 7.07. The van der Waals surface area contributed by atoms with Crippen LogP contribution >= 0.6 is 11.8 Å². The first kappa shape index (κ1) is 15.4. The van der Waals surface area contributed by atoms with E-state index in [-0.39, 0.29) is 11.6 Å². The molecule has 1 aliphatic rings. The van der Waals surface area contributed by atoms with E-state index in [9.17, 15) is 4.79 Å². The molecule has 1 rings (SSSR count). The van der Waals surface area contributed by atoms with Gasteiger partial charge in [-0.3, -0.25) is 4.79 Å². The highest BCUT2D eigenvalue weighted by atomic mass is 32.2. The Bertz CT molecular complexity index is 307. The van der Waals surface area contributed by atoms with E-state index in [2.05, 4.69) is 23.1 Å². The summed E-state index contributed by atoms with van der Waals surface area (Å²) < 4.78 is 5.29. The molecule has 3 nitrogen and oxygen atoms in total. The molecule has 0 saturated heterocycles. The van der Waals surface area contributed by atoms with Crippen molar-refractivity contribution < 1.29 is 9.53 Å². The maximum atomic E-state index is 11.6.